The highest BCUT2D eigenvalue weighted by Crippen LogP contribution is 2.17. The van der Waals surface area contributed by atoms with E-state index in [0.717, 1.165) is 5.56 Å². The lowest BCUT2D eigenvalue weighted by atomic mass is 10.2. The molecule has 0 saturated heterocycles. The Balaban J connectivity index is 2.76. The number of methoxy groups -OCH3 is 1. The monoisotopic (exact) mass is 282 g/mol. The van der Waals surface area contributed by atoms with Gasteiger partial charge in [-0.25, -0.2) is 4.79 Å². The zero-order valence-electron chi connectivity index (χ0n) is 12.7. The van der Waals surface area contributed by atoms with E-state index in [1.165, 1.54) is 7.11 Å². The van der Waals surface area contributed by atoms with E-state index in [1.807, 2.05) is 11.8 Å². The Morgan fingerprint density at radius 2 is 2.00 bits per heavy atom. The number of amides is 1. The molecule has 0 N–H and O–H groups in total. The summed E-state index contributed by atoms with van der Waals surface area (Å²) in [5.74, 6) is 0.415. The minimum absolute atomic E-state index is 0.0309. The summed E-state index contributed by atoms with van der Waals surface area (Å²) in [6, 6.07) is 1.80. The topological polar surface area (TPSA) is 63.0 Å². The van der Waals surface area contributed by atoms with Gasteiger partial charge in [0.15, 0.2) is 0 Å². The third-order valence-corrected chi connectivity index (χ3v) is 3.02. The number of furan rings is 1. The van der Waals surface area contributed by atoms with Crippen molar-refractivity contribution in [1.29, 1.82) is 0 Å². The molecule has 1 rings (SSSR count). The average Bonchev–Trinajstić information content (AvgIpc) is 2.77. The van der Waals surface area contributed by atoms with Gasteiger partial charge in [-0.2, -0.15) is 0 Å². The Morgan fingerprint density at radius 1 is 1.35 bits per heavy atom. The lowest BCUT2D eigenvalue weighted by Gasteiger charge is -2.20. The summed E-state index contributed by atoms with van der Waals surface area (Å²) in [7, 11) is 4.77. The maximum Gasteiger partial charge on any atom is 0.374 e. The molecule has 1 aromatic rings. The summed E-state index contributed by atoms with van der Waals surface area (Å²) in [6.45, 7) is 5.28. The number of carbonyl (C=O) groups is 2. The van der Waals surface area contributed by atoms with Crippen LogP contribution in [-0.4, -0.2) is 56.0 Å². The Labute approximate surface area is 119 Å². The van der Waals surface area contributed by atoms with Crippen LogP contribution in [0.5, 0.6) is 0 Å². The first-order valence-corrected chi connectivity index (χ1v) is 6.49. The van der Waals surface area contributed by atoms with E-state index in [1.54, 1.807) is 32.0 Å². The second kappa shape index (κ2) is 7.09. The van der Waals surface area contributed by atoms with Gasteiger partial charge in [-0.05, 0) is 19.5 Å². The smallest absolute Gasteiger partial charge is 0.374 e. The van der Waals surface area contributed by atoms with Gasteiger partial charge in [-0.3, -0.25) is 9.69 Å². The summed E-state index contributed by atoms with van der Waals surface area (Å²) in [5, 5.41) is 0. The summed E-state index contributed by atoms with van der Waals surface area (Å²) in [5.41, 5.74) is 0.738. The lowest BCUT2D eigenvalue weighted by molar-refractivity contribution is -0.130. The molecule has 0 aliphatic rings. The van der Waals surface area contributed by atoms with Crippen molar-refractivity contribution in [3.8, 4) is 0 Å². The van der Waals surface area contributed by atoms with Gasteiger partial charge in [0.25, 0.3) is 0 Å². The maximum atomic E-state index is 11.7. The highest BCUT2D eigenvalue weighted by molar-refractivity contribution is 5.87. The molecule has 6 nitrogen and oxygen atoms in total. The third-order valence-electron chi connectivity index (χ3n) is 3.02. The SMILES string of the molecule is CCN(CC(=O)N(C)C)Cc1cc(C)c(C(=O)OC)o1. The molecule has 0 aliphatic heterocycles. The van der Waals surface area contributed by atoms with Crippen molar-refractivity contribution in [1.82, 2.24) is 9.80 Å². The van der Waals surface area contributed by atoms with Crippen LogP contribution >= 0.6 is 0 Å². The van der Waals surface area contributed by atoms with Crippen LogP contribution in [0.3, 0.4) is 0 Å². The molecule has 0 aromatic carbocycles. The normalized spacial score (nSPS) is 10.7. The van der Waals surface area contributed by atoms with Gasteiger partial charge in [0, 0.05) is 19.7 Å². The molecular formula is C14H22N2O4. The first kappa shape index (κ1) is 16.2. The average molecular weight is 282 g/mol. The van der Waals surface area contributed by atoms with Gasteiger partial charge in [-0.1, -0.05) is 6.92 Å². The van der Waals surface area contributed by atoms with Crippen molar-refractivity contribution in [2.24, 2.45) is 0 Å². The number of rotatable bonds is 6. The third kappa shape index (κ3) is 4.09. The van der Waals surface area contributed by atoms with Gasteiger partial charge in [0.1, 0.15) is 5.76 Å². The fourth-order valence-corrected chi connectivity index (χ4v) is 1.75. The summed E-state index contributed by atoms with van der Waals surface area (Å²) in [4.78, 5) is 26.7. The van der Waals surface area contributed by atoms with Gasteiger partial charge < -0.3 is 14.1 Å². The number of ether oxygens (including phenoxy) is 1. The summed E-state index contributed by atoms with van der Waals surface area (Å²) in [6.07, 6.45) is 0. The Kier molecular flexibility index (Phi) is 5.76. The van der Waals surface area contributed by atoms with Gasteiger partial charge in [0.05, 0.1) is 20.2 Å². The fourth-order valence-electron chi connectivity index (χ4n) is 1.75. The molecule has 0 bridgehead atoms. The zero-order valence-corrected chi connectivity index (χ0v) is 12.7. The van der Waals surface area contributed by atoms with E-state index in [2.05, 4.69) is 4.74 Å². The van der Waals surface area contributed by atoms with Gasteiger partial charge in [-0.15, -0.1) is 0 Å². The van der Waals surface area contributed by atoms with E-state index in [0.29, 0.717) is 25.4 Å². The van der Waals surface area contributed by atoms with Crippen molar-refractivity contribution < 1.29 is 18.7 Å². The van der Waals surface area contributed by atoms with Crippen LogP contribution in [0.25, 0.3) is 0 Å². The minimum atomic E-state index is -0.485. The Hall–Kier alpha value is -1.82. The second-order valence-electron chi connectivity index (χ2n) is 4.81. The van der Waals surface area contributed by atoms with E-state index >= 15 is 0 Å². The zero-order chi connectivity index (χ0) is 15.3. The number of carbonyl (C=O) groups excluding carboxylic acids is 2. The largest absolute Gasteiger partial charge is 0.463 e. The number of hydrogen-bond acceptors (Lipinski definition) is 5. The maximum absolute atomic E-state index is 11.7. The molecule has 1 amide bonds. The number of nitrogens with zero attached hydrogens (tertiary/aromatic N) is 2. The molecule has 0 saturated carbocycles. The predicted molar refractivity (Wildman–Crippen MR) is 74.4 cm³/mol. The molecule has 20 heavy (non-hydrogen) atoms. The van der Waals surface area contributed by atoms with E-state index < -0.39 is 5.97 Å². The first-order chi connectivity index (χ1) is 9.38. The molecule has 0 fully saturated rings. The molecule has 0 aliphatic carbocycles. The quantitative estimate of drug-likeness (QED) is 0.736. The Morgan fingerprint density at radius 3 is 2.50 bits per heavy atom. The first-order valence-electron chi connectivity index (χ1n) is 6.49. The Bertz CT molecular complexity index is 480. The fraction of sp³-hybridized carbons (Fsp3) is 0.571. The van der Waals surface area contributed by atoms with E-state index in [9.17, 15) is 9.59 Å². The molecule has 1 heterocycles. The molecule has 6 heteroatoms. The molecule has 0 radical (unpaired) electrons. The van der Waals surface area contributed by atoms with Gasteiger partial charge in [0.2, 0.25) is 11.7 Å². The van der Waals surface area contributed by atoms with Crippen LogP contribution in [0.2, 0.25) is 0 Å². The second-order valence-corrected chi connectivity index (χ2v) is 4.81. The highest BCUT2D eigenvalue weighted by Gasteiger charge is 2.18. The van der Waals surface area contributed by atoms with E-state index in [-0.39, 0.29) is 11.7 Å². The molecule has 0 unspecified atom stereocenters. The van der Waals surface area contributed by atoms with Crippen molar-refractivity contribution in [3.63, 3.8) is 0 Å². The van der Waals surface area contributed by atoms with Gasteiger partial charge >= 0.3 is 5.97 Å². The number of esters is 1. The van der Waals surface area contributed by atoms with E-state index in [4.69, 9.17) is 4.42 Å². The molecule has 1 aromatic heterocycles. The van der Waals surface area contributed by atoms with Crippen molar-refractivity contribution in [3.05, 3.63) is 23.2 Å². The summed E-state index contributed by atoms with van der Waals surface area (Å²) >= 11 is 0. The van der Waals surface area contributed by atoms with Crippen LogP contribution in [0.4, 0.5) is 0 Å². The number of hydrogen-bond donors (Lipinski definition) is 0. The minimum Gasteiger partial charge on any atom is -0.463 e. The molecular weight excluding hydrogens is 260 g/mol. The van der Waals surface area contributed by atoms with Crippen molar-refractivity contribution in [2.75, 3.05) is 34.3 Å². The lowest BCUT2D eigenvalue weighted by Crippen LogP contribution is -2.36. The van der Waals surface area contributed by atoms with Crippen molar-refractivity contribution in [2.45, 2.75) is 20.4 Å². The molecule has 0 atom stereocenters. The summed E-state index contributed by atoms with van der Waals surface area (Å²) < 4.78 is 10.2. The molecule has 112 valence electrons. The van der Waals surface area contributed by atoms with Crippen LogP contribution < -0.4 is 0 Å². The standard InChI is InChI=1S/C14H22N2O4/c1-6-16(9-12(17)15(3)4)8-11-7-10(2)13(20-11)14(18)19-5/h7H,6,8-9H2,1-5H3. The van der Waals surface area contributed by atoms with Crippen LogP contribution in [-0.2, 0) is 16.1 Å². The van der Waals surface area contributed by atoms with Crippen LogP contribution in [0.1, 0.15) is 28.8 Å². The highest BCUT2D eigenvalue weighted by atomic mass is 16.5. The number of likely N-dealkylation sites (N-methyl/N-ethyl adjacent to an activating group) is 2. The number of aryl methyl sites for hydroxylation is 1. The van der Waals surface area contributed by atoms with Crippen LogP contribution in [0.15, 0.2) is 10.5 Å². The van der Waals surface area contributed by atoms with Crippen molar-refractivity contribution >= 4 is 11.9 Å². The predicted octanol–water partition coefficient (Wildman–Crippen LogP) is 1.28. The van der Waals surface area contributed by atoms with Crippen LogP contribution in [0, 0.1) is 6.92 Å². The molecule has 0 spiro atoms.